The molecule has 8 rings (SSSR count). The molecule has 0 atom stereocenters. The summed E-state index contributed by atoms with van der Waals surface area (Å²) in [5.74, 6) is 0. The fourth-order valence-electron chi connectivity index (χ4n) is 6.40. The average molecular weight is 557 g/mol. The number of fused-ring (bicyclic) bond motifs is 6. The fourth-order valence-corrected chi connectivity index (χ4v) is 6.40. The zero-order valence-electron chi connectivity index (χ0n) is 24.6. The second-order valence-electron chi connectivity index (χ2n) is 12.3. The molecule has 8 aromatic rings. The third-order valence-corrected chi connectivity index (χ3v) is 8.54. The van der Waals surface area contributed by atoms with Gasteiger partial charge in [0.15, 0.2) is 0 Å². The third-order valence-electron chi connectivity index (χ3n) is 8.54. The molecule has 3 heteroatoms. The maximum Gasteiger partial charge on any atom is 0.135 e. The van der Waals surface area contributed by atoms with Gasteiger partial charge in [0.05, 0.1) is 22.4 Å². The highest BCUT2D eigenvalue weighted by Crippen LogP contribution is 2.43. The molecule has 0 fully saturated rings. The standard InChI is InChI=1S/C40H32N2O/c1-40(2,3)27-21-23-35-32(25-27)30-15-7-9-17-34(30)42(35)37-19-11-10-18-36(37)41(28-13-5-4-6-14-28)29-22-24-39-33(26-29)31-16-8-12-20-38(31)43-39/h4-26H,1-3H3. The number of furan rings is 1. The molecule has 0 spiro atoms. The van der Waals surface area contributed by atoms with Crippen LogP contribution in [0.5, 0.6) is 0 Å². The van der Waals surface area contributed by atoms with E-state index in [1.54, 1.807) is 0 Å². The Morgan fingerprint density at radius 1 is 0.512 bits per heavy atom. The van der Waals surface area contributed by atoms with Gasteiger partial charge in [-0.15, -0.1) is 0 Å². The van der Waals surface area contributed by atoms with Crippen molar-refractivity contribution in [3.8, 4) is 5.69 Å². The van der Waals surface area contributed by atoms with Crippen molar-refractivity contribution in [1.82, 2.24) is 4.57 Å². The molecule has 0 aliphatic rings. The van der Waals surface area contributed by atoms with Crippen LogP contribution in [0.3, 0.4) is 0 Å². The Morgan fingerprint density at radius 2 is 1.19 bits per heavy atom. The molecule has 3 nitrogen and oxygen atoms in total. The molecule has 43 heavy (non-hydrogen) atoms. The Labute approximate surface area is 251 Å². The summed E-state index contributed by atoms with van der Waals surface area (Å²) in [5.41, 5.74) is 9.99. The Hall–Kier alpha value is -5.28. The number of benzene rings is 6. The van der Waals surface area contributed by atoms with Crippen LogP contribution in [-0.4, -0.2) is 4.57 Å². The quantitative estimate of drug-likeness (QED) is 0.215. The van der Waals surface area contributed by atoms with E-state index in [4.69, 9.17) is 4.42 Å². The Morgan fingerprint density at radius 3 is 2.02 bits per heavy atom. The number of anilines is 3. The van der Waals surface area contributed by atoms with Crippen molar-refractivity contribution in [2.75, 3.05) is 4.90 Å². The van der Waals surface area contributed by atoms with E-state index in [-0.39, 0.29) is 5.41 Å². The first-order chi connectivity index (χ1) is 21.0. The van der Waals surface area contributed by atoms with Crippen molar-refractivity contribution in [1.29, 1.82) is 0 Å². The molecule has 208 valence electrons. The SMILES string of the molecule is CC(C)(C)c1ccc2c(c1)c1ccccc1n2-c1ccccc1N(c1ccccc1)c1ccc2oc3ccccc3c2c1. The van der Waals surface area contributed by atoms with Crippen molar-refractivity contribution in [3.05, 3.63) is 145 Å². The Balaban J connectivity index is 1.41. The van der Waals surface area contributed by atoms with E-state index in [0.29, 0.717) is 0 Å². The number of nitrogens with zero attached hydrogens (tertiary/aromatic N) is 2. The zero-order chi connectivity index (χ0) is 29.1. The monoisotopic (exact) mass is 556 g/mol. The Bertz CT molecular complexity index is 2280. The highest BCUT2D eigenvalue weighted by Gasteiger charge is 2.22. The number of rotatable bonds is 4. The molecule has 6 aromatic carbocycles. The molecule has 0 unspecified atom stereocenters. The van der Waals surface area contributed by atoms with Crippen molar-refractivity contribution in [3.63, 3.8) is 0 Å². The van der Waals surface area contributed by atoms with E-state index in [1.807, 2.05) is 12.1 Å². The fraction of sp³-hybridized carbons (Fsp3) is 0.100. The van der Waals surface area contributed by atoms with Crippen LogP contribution in [0.1, 0.15) is 26.3 Å². The summed E-state index contributed by atoms with van der Waals surface area (Å²) in [6.07, 6.45) is 0. The summed E-state index contributed by atoms with van der Waals surface area (Å²) in [6.45, 7) is 6.83. The molecule has 0 saturated carbocycles. The predicted molar refractivity (Wildman–Crippen MR) is 181 cm³/mol. The van der Waals surface area contributed by atoms with Gasteiger partial charge in [0, 0.05) is 32.9 Å². The van der Waals surface area contributed by atoms with Crippen LogP contribution in [0.4, 0.5) is 17.1 Å². The van der Waals surface area contributed by atoms with Crippen molar-refractivity contribution in [2.45, 2.75) is 26.2 Å². The minimum absolute atomic E-state index is 0.0648. The largest absolute Gasteiger partial charge is 0.456 e. The predicted octanol–water partition coefficient (Wildman–Crippen LogP) is 11.5. The van der Waals surface area contributed by atoms with Gasteiger partial charge in [0.1, 0.15) is 11.2 Å². The Kier molecular flexibility index (Phi) is 5.70. The van der Waals surface area contributed by atoms with Crippen molar-refractivity contribution in [2.24, 2.45) is 0 Å². The van der Waals surface area contributed by atoms with E-state index in [0.717, 1.165) is 44.7 Å². The van der Waals surface area contributed by atoms with Gasteiger partial charge in [0.2, 0.25) is 0 Å². The summed E-state index contributed by atoms with van der Waals surface area (Å²) in [5, 5.41) is 4.77. The summed E-state index contributed by atoms with van der Waals surface area (Å²) >= 11 is 0. The normalized spacial score (nSPS) is 12.1. The lowest BCUT2D eigenvalue weighted by Gasteiger charge is -2.28. The van der Waals surface area contributed by atoms with E-state index >= 15 is 0 Å². The van der Waals surface area contributed by atoms with Crippen LogP contribution in [0.2, 0.25) is 0 Å². The summed E-state index contributed by atoms with van der Waals surface area (Å²) < 4.78 is 8.61. The van der Waals surface area contributed by atoms with Crippen LogP contribution < -0.4 is 4.90 Å². The molecule has 0 N–H and O–H groups in total. The van der Waals surface area contributed by atoms with E-state index < -0.39 is 0 Å². The van der Waals surface area contributed by atoms with Gasteiger partial charge in [-0.1, -0.05) is 93.6 Å². The maximum absolute atomic E-state index is 6.19. The van der Waals surface area contributed by atoms with Gasteiger partial charge in [-0.3, -0.25) is 0 Å². The van der Waals surface area contributed by atoms with Crippen LogP contribution in [0.15, 0.2) is 144 Å². The lowest BCUT2D eigenvalue weighted by atomic mass is 9.86. The first kappa shape index (κ1) is 25.4. The van der Waals surface area contributed by atoms with Crippen molar-refractivity contribution >= 4 is 60.8 Å². The first-order valence-electron chi connectivity index (χ1n) is 14.9. The second-order valence-corrected chi connectivity index (χ2v) is 12.3. The second kappa shape index (κ2) is 9.64. The minimum Gasteiger partial charge on any atom is -0.456 e. The van der Waals surface area contributed by atoms with E-state index in [9.17, 15) is 0 Å². The summed E-state index contributed by atoms with van der Waals surface area (Å²) in [4.78, 5) is 2.36. The smallest absolute Gasteiger partial charge is 0.135 e. The summed E-state index contributed by atoms with van der Waals surface area (Å²) in [6, 6.07) is 49.9. The van der Waals surface area contributed by atoms with Gasteiger partial charge < -0.3 is 13.9 Å². The first-order valence-corrected chi connectivity index (χ1v) is 14.9. The topological polar surface area (TPSA) is 21.3 Å². The van der Waals surface area contributed by atoms with Gasteiger partial charge >= 0.3 is 0 Å². The van der Waals surface area contributed by atoms with Gasteiger partial charge in [-0.05, 0) is 77.7 Å². The lowest BCUT2D eigenvalue weighted by Crippen LogP contribution is -2.13. The van der Waals surface area contributed by atoms with E-state index in [2.05, 4.69) is 158 Å². The lowest BCUT2D eigenvalue weighted by molar-refractivity contribution is 0.591. The van der Waals surface area contributed by atoms with Crippen LogP contribution in [-0.2, 0) is 5.41 Å². The molecule has 0 bridgehead atoms. The summed E-state index contributed by atoms with van der Waals surface area (Å²) in [7, 11) is 0. The van der Waals surface area contributed by atoms with Gasteiger partial charge in [-0.2, -0.15) is 0 Å². The molecule has 0 saturated heterocycles. The van der Waals surface area contributed by atoms with E-state index in [1.165, 1.54) is 27.4 Å². The average Bonchev–Trinajstić information content (AvgIpc) is 3.57. The maximum atomic E-state index is 6.19. The van der Waals surface area contributed by atoms with Crippen LogP contribution in [0.25, 0.3) is 49.4 Å². The zero-order valence-corrected chi connectivity index (χ0v) is 24.6. The van der Waals surface area contributed by atoms with Crippen LogP contribution in [0, 0.1) is 0 Å². The minimum atomic E-state index is 0.0648. The third kappa shape index (κ3) is 4.11. The number of para-hydroxylation sites is 5. The molecule has 0 radical (unpaired) electrons. The van der Waals surface area contributed by atoms with Crippen LogP contribution >= 0.6 is 0 Å². The van der Waals surface area contributed by atoms with Crippen molar-refractivity contribution < 1.29 is 4.42 Å². The molecule has 2 aromatic heterocycles. The number of hydrogen-bond donors (Lipinski definition) is 0. The molecular formula is C40H32N2O. The highest BCUT2D eigenvalue weighted by atomic mass is 16.3. The highest BCUT2D eigenvalue weighted by molar-refractivity contribution is 6.10. The molecule has 0 aliphatic carbocycles. The molecule has 0 amide bonds. The molecular weight excluding hydrogens is 524 g/mol. The number of hydrogen-bond acceptors (Lipinski definition) is 2. The van der Waals surface area contributed by atoms with Gasteiger partial charge in [0.25, 0.3) is 0 Å². The number of aromatic nitrogens is 1. The molecule has 2 heterocycles. The van der Waals surface area contributed by atoms with Gasteiger partial charge in [-0.25, -0.2) is 0 Å². The molecule has 0 aliphatic heterocycles.